The number of nitrogens with one attached hydrogen (secondary N) is 1. The van der Waals surface area contributed by atoms with E-state index in [1.54, 1.807) is 0 Å². The number of anilines is 1. The van der Waals surface area contributed by atoms with Gasteiger partial charge in [-0.1, -0.05) is 63.5 Å². The maximum absolute atomic E-state index is 4.88. The van der Waals surface area contributed by atoms with Gasteiger partial charge in [0.05, 0.1) is 16.1 Å². The van der Waals surface area contributed by atoms with Crippen molar-refractivity contribution in [3.63, 3.8) is 0 Å². The van der Waals surface area contributed by atoms with Crippen LogP contribution in [0.4, 0.5) is 5.95 Å². The third-order valence-corrected chi connectivity index (χ3v) is 7.32. The van der Waals surface area contributed by atoms with Crippen LogP contribution in [-0.2, 0) is 0 Å². The SMILES string of the molecule is CNc1ncc2c3cc(-n4c5ccccc5c5ccccc54)ccc3c(=P)n(-c3ccccc3)c2n1. The molecule has 3 heterocycles. The van der Waals surface area contributed by atoms with Crippen LogP contribution in [0.3, 0.4) is 0 Å². The van der Waals surface area contributed by atoms with Crippen molar-refractivity contribution in [3.8, 4) is 11.4 Å². The van der Waals surface area contributed by atoms with Gasteiger partial charge in [0.1, 0.15) is 0 Å². The molecule has 0 fully saturated rings. The topological polar surface area (TPSA) is 47.7 Å². The van der Waals surface area contributed by atoms with Crippen LogP contribution in [0.1, 0.15) is 0 Å². The Labute approximate surface area is 209 Å². The molecule has 0 amide bonds. The predicted octanol–water partition coefficient (Wildman–Crippen LogP) is 7.39. The lowest BCUT2D eigenvalue weighted by Gasteiger charge is -2.16. The van der Waals surface area contributed by atoms with E-state index in [-0.39, 0.29) is 0 Å². The molecule has 0 aliphatic rings. The fraction of sp³-hybridized carbons (Fsp3) is 0.0333. The molecule has 36 heavy (non-hydrogen) atoms. The number of para-hydroxylation sites is 3. The molecule has 0 aliphatic carbocycles. The smallest absolute Gasteiger partial charge is 0.224 e. The molecule has 7 aromatic rings. The molecular formula is C30H22N5P. The van der Waals surface area contributed by atoms with E-state index in [0.717, 1.165) is 38.3 Å². The molecule has 3 aromatic heterocycles. The number of aromatic nitrogens is 4. The average Bonchev–Trinajstić information content (AvgIpc) is 3.28. The Morgan fingerprint density at radius 2 is 1.31 bits per heavy atom. The Kier molecular flexibility index (Phi) is 4.66. The van der Waals surface area contributed by atoms with Gasteiger partial charge >= 0.3 is 0 Å². The van der Waals surface area contributed by atoms with Gasteiger partial charge in [-0.05, 0) is 47.9 Å². The summed E-state index contributed by atoms with van der Waals surface area (Å²) < 4.78 is 4.47. The van der Waals surface area contributed by atoms with Gasteiger partial charge in [0.25, 0.3) is 0 Å². The maximum Gasteiger partial charge on any atom is 0.224 e. The molecule has 0 aliphatic heterocycles. The number of hydrogen-bond acceptors (Lipinski definition) is 3. The Hall–Kier alpha value is -4.47. The van der Waals surface area contributed by atoms with E-state index >= 15 is 0 Å². The van der Waals surface area contributed by atoms with Crippen molar-refractivity contribution in [1.82, 2.24) is 19.1 Å². The summed E-state index contributed by atoms with van der Waals surface area (Å²) in [6.07, 6.45) is 1.91. The fourth-order valence-electron chi connectivity index (χ4n) is 5.21. The third-order valence-electron chi connectivity index (χ3n) is 6.83. The molecule has 0 unspecified atom stereocenters. The minimum Gasteiger partial charge on any atom is -0.357 e. The molecule has 0 bridgehead atoms. The Morgan fingerprint density at radius 3 is 2.00 bits per heavy atom. The van der Waals surface area contributed by atoms with Crippen molar-refractivity contribution in [3.05, 3.63) is 108 Å². The zero-order valence-corrected chi connectivity index (χ0v) is 20.6. The first-order chi connectivity index (χ1) is 17.7. The summed E-state index contributed by atoms with van der Waals surface area (Å²) >= 11 is 0. The van der Waals surface area contributed by atoms with Crippen LogP contribution >= 0.6 is 8.86 Å². The molecule has 0 radical (unpaired) electrons. The maximum atomic E-state index is 4.88. The number of nitrogens with zero attached hydrogens (tertiary/aromatic N) is 4. The monoisotopic (exact) mass is 483 g/mol. The van der Waals surface area contributed by atoms with Crippen molar-refractivity contribution in [2.24, 2.45) is 0 Å². The molecule has 0 saturated carbocycles. The molecular weight excluding hydrogens is 461 g/mol. The van der Waals surface area contributed by atoms with E-state index in [4.69, 9.17) is 4.98 Å². The van der Waals surface area contributed by atoms with E-state index in [0.29, 0.717) is 5.95 Å². The van der Waals surface area contributed by atoms with Crippen LogP contribution in [0.2, 0.25) is 0 Å². The summed E-state index contributed by atoms with van der Waals surface area (Å²) in [7, 11) is 5.82. The molecule has 7 rings (SSSR count). The summed E-state index contributed by atoms with van der Waals surface area (Å²) in [6.45, 7) is 0. The third kappa shape index (κ3) is 3.00. The highest BCUT2D eigenvalue weighted by molar-refractivity contribution is 7.07. The quantitative estimate of drug-likeness (QED) is 0.211. The Bertz CT molecular complexity index is 1950. The van der Waals surface area contributed by atoms with Gasteiger partial charge in [0.2, 0.25) is 5.95 Å². The van der Waals surface area contributed by atoms with Crippen molar-refractivity contribution in [2.75, 3.05) is 12.4 Å². The number of hydrogen-bond donors (Lipinski definition) is 1. The highest BCUT2D eigenvalue weighted by Crippen LogP contribution is 2.35. The second kappa shape index (κ2) is 8.04. The predicted molar refractivity (Wildman–Crippen MR) is 152 cm³/mol. The van der Waals surface area contributed by atoms with Gasteiger partial charge in [-0.3, -0.25) is 4.57 Å². The van der Waals surface area contributed by atoms with E-state index in [1.165, 1.54) is 21.8 Å². The van der Waals surface area contributed by atoms with Crippen molar-refractivity contribution < 1.29 is 0 Å². The second-order valence-electron chi connectivity index (χ2n) is 8.80. The zero-order valence-electron chi connectivity index (χ0n) is 19.6. The summed E-state index contributed by atoms with van der Waals surface area (Å²) in [4.78, 5) is 9.45. The lowest BCUT2D eigenvalue weighted by Crippen LogP contribution is -2.05. The second-order valence-corrected chi connectivity index (χ2v) is 9.27. The van der Waals surface area contributed by atoms with E-state index in [2.05, 4.69) is 107 Å². The standard InChI is InChI=1S/C30H22N5P/c1-31-30-32-18-25-24-17-20(34-26-13-7-5-11-21(26)22-12-6-8-14-27(22)34)15-16-23(24)29(36)35(28(25)33-30)19-9-3-2-4-10-19/h2-18,36H,1H3,(H,31,32,33). The molecule has 0 spiro atoms. The highest BCUT2D eigenvalue weighted by atomic mass is 31.0. The molecule has 5 nitrogen and oxygen atoms in total. The fourth-order valence-corrected chi connectivity index (χ4v) is 5.66. The van der Waals surface area contributed by atoms with Crippen LogP contribution in [0.25, 0.3) is 55.0 Å². The van der Waals surface area contributed by atoms with E-state index in [1.807, 2.05) is 31.4 Å². The van der Waals surface area contributed by atoms with Gasteiger partial charge in [-0.15, -0.1) is 0 Å². The van der Waals surface area contributed by atoms with Crippen LogP contribution in [0.15, 0.2) is 103 Å². The van der Waals surface area contributed by atoms with Crippen molar-refractivity contribution in [1.29, 1.82) is 0 Å². The van der Waals surface area contributed by atoms with E-state index < -0.39 is 0 Å². The van der Waals surface area contributed by atoms with Gasteiger partial charge in [-0.25, -0.2) is 4.98 Å². The first-order valence-electron chi connectivity index (χ1n) is 11.9. The summed E-state index contributed by atoms with van der Waals surface area (Å²) in [5.41, 5.74) is 5.33. The summed E-state index contributed by atoms with van der Waals surface area (Å²) in [6, 6.07) is 34.0. The van der Waals surface area contributed by atoms with Crippen LogP contribution in [0.5, 0.6) is 0 Å². The van der Waals surface area contributed by atoms with Crippen molar-refractivity contribution in [2.45, 2.75) is 0 Å². The van der Waals surface area contributed by atoms with E-state index in [9.17, 15) is 0 Å². The van der Waals surface area contributed by atoms with Gasteiger partial charge < -0.3 is 9.88 Å². The summed E-state index contributed by atoms with van der Waals surface area (Å²) in [5, 5.41) is 9.68. The molecule has 4 aromatic carbocycles. The number of benzene rings is 4. The zero-order chi connectivity index (χ0) is 24.2. The minimum absolute atomic E-state index is 0.580. The molecule has 0 atom stereocenters. The van der Waals surface area contributed by atoms with Gasteiger partial charge in [0, 0.05) is 46.2 Å². The molecule has 172 valence electrons. The minimum atomic E-state index is 0.580. The molecule has 6 heteroatoms. The van der Waals surface area contributed by atoms with Crippen LogP contribution < -0.4 is 5.32 Å². The Balaban J connectivity index is 1.60. The first kappa shape index (κ1) is 20.9. The highest BCUT2D eigenvalue weighted by Gasteiger charge is 2.16. The number of pyridine rings is 1. The molecule has 1 N–H and O–H groups in total. The van der Waals surface area contributed by atoms with Crippen LogP contribution in [0, 0.1) is 5.07 Å². The largest absolute Gasteiger partial charge is 0.357 e. The number of rotatable bonds is 3. The lowest BCUT2D eigenvalue weighted by molar-refractivity contribution is 1.04. The summed E-state index contributed by atoms with van der Waals surface area (Å²) in [5.74, 6) is 0.580. The van der Waals surface area contributed by atoms with Crippen LogP contribution in [-0.4, -0.2) is 26.1 Å². The average molecular weight is 484 g/mol. The molecule has 0 saturated heterocycles. The Morgan fingerprint density at radius 1 is 0.639 bits per heavy atom. The lowest BCUT2D eigenvalue weighted by atomic mass is 10.1. The normalized spacial score (nSPS) is 11.6. The van der Waals surface area contributed by atoms with Crippen molar-refractivity contribution >= 4 is 58.4 Å². The van der Waals surface area contributed by atoms with Gasteiger partial charge in [0.15, 0.2) is 5.65 Å². The van der Waals surface area contributed by atoms with Gasteiger partial charge in [-0.2, -0.15) is 4.98 Å². The number of fused-ring (bicyclic) bond motifs is 6. The first-order valence-corrected chi connectivity index (χ1v) is 12.4.